The number of aryl methyl sites for hydroxylation is 9. The first kappa shape index (κ1) is 62.2. The van der Waals surface area contributed by atoms with Crippen molar-refractivity contribution in [3.05, 3.63) is 312 Å². The van der Waals surface area contributed by atoms with E-state index in [9.17, 15) is 0 Å². The molecule has 8 heteroatoms. The number of rotatable bonds is 7. The smallest absolute Gasteiger partial charge is 0.216 e. The van der Waals surface area contributed by atoms with E-state index in [4.69, 9.17) is 30.0 Å². The summed E-state index contributed by atoms with van der Waals surface area (Å²) in [6.45, 7) is 9.10. The van der Waals surface area contributed by atoms with Crippen LogP contribution in [0.5, 0.6) is 0 Å². The molecule has 0 saturated heterocycles. The largest absolute Gasteiger partial charge is 0.454 e. The molecule has 0 radical (unpaired) electrons. The number of aromatic nitrogens is 4. The Morgan fingerprint density at radius 3 is 1.00 bits per heavy atom. The molecule has 1 aliphatic rings. The van der Waals surface area contributed by atoms with Gasteiger partial charge in [-0.25, -0.2) is 18.3 Å². The van der Waals surface area contributed by atoms with E-state index in [1.165, 1.54) is 35.2 Å². The molecule has 8 aromatic heterocycles. The van der Waals surface area contributed by atoms with Crippen LogP contribution in [0.2, 0.25) is 0 Å². The zero-order chi connectivity index (χ0) is 85.4. The van der Waals surface area contributed by atoms with Crippen LogP contribution < -0.4 is 18.3 Å². The topological polar surface area (TPSA) is 68.1 Å². The molecular weight excluding hydrogens is 1380 g/mol. The highest BCUT2D eigenvalue weighted by molar-refractivity contribution is 6.21. The second-order valence-electron chi connectivity index (χ2n) is 31.0. The molecule has 0 aliphatic heterocycles. The van der Waals surface area contributed by atoms with Crippen LogP contribution in [0.3, 0.4) is 0 Å². The predicted octanol–water partition coefficient (Wildman–Crippen LogP) is 26.8. The molecule has 1 unspecified atom stereocenters. The van der Waals surface area contributed by atoms with Gasteiger partial charge < -0.3 is 17.7 Å². The molecule has 20 aromatic rings. The van der Waals surface area contributed by atoms with Crippen molar-refractivity contribution in [2.45, 2.75) is 112 Å². The highest BCUT2D eigenvalue weighted by Crippen LogP contribution is 2.46. The van der Waals surface area contributed by atoms with Crippen molar-refractivity contribution < 1.29 is 48.3 Å². The summed E-state index contributed by atoms with van der Waals surface area (Å²) in [4.78, 5) is 0. The summed E-state index contributed by atoms with van der Waals surface area (Å²) in [7, 11) is 7.89. The van der Waals surface area contributed by atoms with E-state index < -0.39 is 31.4 Å². The normalized spacial score (nSPS) is 15.1. The Bertz CT molecular complexity index is 7400. The molecule has 0 amide bonds. The van der Waals surface area contributed by atoms with Crippen molar-refractivity contribution in [2.24, 2.45) is 28.2 Å². The Hall–Kier alpha value is -12.5. The lowest BCUT2D eigenvalue weighted by atomic mass is 9.84. The molecule has 0 N–H and O–H groups in total. The molecular formula is C105H96N4O4+4. The van der Waals surface area contributed by atoms with Crippen molar-refractivity contribution >= 4 is 131 Å². The first-order valence-corrected chi connectivity index (χ1v) is 39.2. The Kier molecular flexibility index (Phi) is 16.1. The van der Waals surface area contributed by atoms with E-state index in [0.717, 1.165) is 213 Å². The first-order valence-electron chi connectivity index (χ1n) is 43.7. The maximum atomic E-state index is 9.15. The number of pyridine rings is 4. The standard InChI is InChI=1S/C29H28NO.2C26H24NO.C24H20NO/c1-19-12-14-25-24-15-13-21-10-6-7-11-23(21)28(24)31-29(25)27(19)26-18-22(16-17-30(26)2)20-8-4-3-5-9-20;2*1-16(2)19-11-14-23(27(4)15-19)24-17(3)9-12-22-21-13-10-18-7-5-6-8-20(18)25(21)28-26(22)24;1-15-8-13-21(25(3)14-15)22-16(2)9-11-20-19-12-10-17-6-4-5-7-18(17)23(19)26-24(20)22/h6-7,10-18,20H,3-5,8-9H2,1-2H3;2*5-16H,1-4H3;4-14H,1-3H3/q4*+1/i20D;1D3,16D;16D;1D3. The maximum absolute atomic E-state index is 9.15. The Balaban J connectivity index is 0.000000111. The summed E-state index contributed by atoms with van der Waals surface area (Å²) in [5.74, 6) is -2.80. The van der Waals surface area contributed by atoms with Crippen LogP contribution in [0.1, 0.15) is 134 Å². The van der Waals surface area contributed by atoms with Crippen LogP contribution in [0.25, 0.3) is 176 Å². The molecule has 1 saturated carbocycles. The van der Waals surface area contributed by atoms with Crippen LogP contribution in [0.15, 0.2) is 285 Å². The van der Waals surface area contributed by atoms with Gasteiger partial charge in [0, 0.05) is 124 Å². The van der Waals surface area contributed by atoms with Crippen LogP contribution in [-0.4, -0.2) is 0 Å². The van der Waals surface area contributed by atoms with Crippen LogP contribution >= 0.6 is 0 Å². The van der Waals surface area contributed by atoms with Gasteiger partial charge in [0.2, 0.25) is 22.8 Å². The summed E-state index contributed by atoms with van der Waals surface area (Å²) in [5.41, 5.74) is 22.8. The number of hydrogen-bond acceptors (Lipinski definition) is 4. The molecule has 0 bridgehead atoms. The van der Waals surface area contributed by atoms with Gasteiger partial charge in [0.1, 0.15) is 72.9 Å². The third kappa shape index (κ3) is 12.8. The lowest BCUT2D eigenvalue weighted by Crippen LogP contribution is -2.31. The van der Waals surface area contributed by atoms with E-state index >= 15 is 0 Å². The van der Waals surface area contributed by atoms with Crippen molar-refractivity contribution in [3.63, 3.8) is 0 Å². The number of furan rings is 4. The first-order chi connectivity index (χ1) is 58.3. The summed E-state index contributed by atoms with van der Waals surface area (Å²) in [6, 6.07) is 83.2. The van der Waals surface area contributed by atoms with Gasteiger partial charge in [0.15, 0.2) is 24.8 Å². The second-order valence-corrected chi connectivity index (χ2v) is 31.0. The second kappa shape index (κ2) is 29.3. The minimum absolute atomic E-state index is 0.323. The van der Waals surface area contributed by atoms with Gasteiger partial charge in [-0.3, -0.25) is 0 Å². The van der Waals surface area contributed by atoms with Crippen molar-refractivity contribution in [3.8, 4) is 45.0 Å². The highest BCUT2D eigenvalue weighted by atomic mass is 16.3. The van der Waals surface area contributed by atoms with E-state index in [1.807, 2.05) is 87.4 Å². The SMILES string of the molecule is [2H]C(C)(C)c1ccc(-c2c(C)ccc3c2oc2c4ccccc4ccc32)[n+](C)c1.[2H]C([2H])([2H])C([2H])(C)c1ccc(-c2c(C)ccc3c2oc2c4ccccc4ccc32)[n+](C)c1.[2H]C([2H])([2H])c1ccc(-c2c(C)ccc3c2oc2c4ccccc4ccc32)[n+](C)c1.[2H]C1(c2cc[n+](C)c(-c3c(C)ccc4c3oc3c5ccccc5ccc43)c2)CCCCC1. The van der Waals surface area contributed by atoms with Crippen molar-refractivity contribution in [1.29, 1.82) is 0 Å². The fraction of sp³-hybridized carbons (Fsp3) is 0.200. The third-order valence-corrected chi connectivity index (χ3v) is 23.4. The lowest BCUT2D eigenvalue weighted by Gasteiger charge is -2.21. The molecule has 1 atom stereocenters. The van der Waals surface area contributed by atoms with Crippen LogP contribution in [-0.2, 0) is 28.2 Å². The van der Waals surface area contributed by atoms with Crippen molar-refractivity contribution in [2.75, 3.05) is 0 Å². The monoisotopic (exact) mass is 1490 g/mol. The minimum Gasteiger partial charge on any atom is -0.454 e. The molecule has 1 fully saturated rings. The van der Waals surface area contributed by atoms with E-state index in [0.29, 0.717) is 11.1 Å². The highest BCUT2D eigenvalue weighted by Gasteiger charge is 2.29. The lowest BCUT2D eigenvalue weighted by molar-refractivity contribution is -0.661. The summed E-state index contributed by atoms with van der Waals surface area (Å²) in [5, 5.41) is 18.0. The number of hydrogen-bond donors (Lipinski definition) is 0. The fourth-order valence-corrected chi connectivity index (χ4v) is 17.4. The Morgan fingerprint density at radius 2 is 0.655 bits per heavy atom. The van der Waals surface area contributed by atoms with Crippen LogP contribution in [0.4, 0.5) is 0 Å². The van der Waals surface area contributed by atoms with Crippen LogP contribution in [0, 0.1) is 34.5 Å². The third-order valence-electron chi connectivity index (χ3n) is 23.4. The zero-order valence-electron chi connectivity index (χ0n) is 74.9. The van der Waals surface area contributed by atoms with E-state index in [-0.39, 0.29) is 0 Å². The molecule has 556 valence electrons. The minimum atomic E-state index is -2.42. The molecule has 21 rings (SSSR count). The summed E-state index contributed by atoms with van der Waals surface area (Å²) < 4.78 is 106. The maximum Gasteiger partial charge on any atom is 0.216 e. The zero-order valence-corrected chi connectivity index (χ0v) is 65.9. The summed E-state index contributed by atoms with van der Waals surface area (Å²) >= 11 is 0. The summed E-state index contributed by atoms with van der Waals surface area (Å²) in [6.07, 6.45) is 13.0. The fourth-order valence-electron chi connectivity index (χ4n) is 17.4. The number of fused-ring (bicyclic) bond motifs is 20. The molecule has 8 heterocycles. The average molecular weight is 1490 g/mol. The van der Waals surface area contributed by atoms with Crippen molar-refractivity contribution in [1.82, 2.24) is 0 Å². The molecule has 12 aromatic carbocycles. The molecule has 8 nitrogen and oxygen atoms in total. The van der Waals surface area contributed by atoms with Gasteiger partial charge >= 0.3 is 0 Å². The molecule has 1 aliphatic carbocycles. The Labute approximate surface area is 672 Å². The van der Waals surface area contributed by atoms with Gasteiger partial charge in [-0.1, -0.05) is 217 Å². The molecule has 113 heavy (non-hydrogen) atoms. The van der Waals surface area contributed by atoms with E-state index in [1.54, 1.807) is 24.5 Å². The van der Waals surface area contributed by atoms with Gasteiger partial charge in [0.25, 0.3) is 0 Å². The Morgan fingerprint density at radius 1 is 0.327 bits per heavy atom. The van der Waals surface area contributed by atoms with E-state index in [2.05, 4.69) is 243 Å². The quantitative estimate of drug-likeness (QED) is 0.149. The number of nitrogens with zero attached hydrogens (tertiary/aromatic N) is 4. The predicted molar refractivity (Wildman–Crippen MR) is 469 cm³/mol. The van der Waals surface area contributed by atoms with Gasteiger partial charge in [-0.15, -0.1) is 0 Å². The van der Waals surface area contributed by atoms with Gasteiger partial charge in [0.05, 0.1) is 22.3 Å². The van der Waals surface area contributed by atoms with Gasteiger partial charge in [-0.05, 0) is 157 Å². The number of benzene rings is 12. The molecule has 0 spiro atoms. The average Bonchev–Trinajstić information content (AvgIpc) is 1.59. The van der Waals surface area contributed by atoms with Gasteiger partial charge in [-0.2, -0.15) is 0 Å².